The first kappa shape index (κ1) is 36.1. The van der Waals surface area contributed by atoms with Crippen molar-refractivity contribution < 1.29 is 50.5 Å². The summed E-state index contributed by atoms with van der Waals surface area (Å²) in [5.74, 6) is -3.89. The first-order valence-corrected chi connectivity index (χ1v) is 14.9. The molecule has 1 unspecified atom stereocenters. The molecule has 8 nitrogen and oxygen atoms in total. The summed E-state index contributed by atoms with van der Waals surface area (Å²) in [5, 5.41) is 2.54. The highest BCUT2D eigenvalue weighted by atomic mass is 19.4. The fourth-order valence-corrected chi connectivity index (χ4v) is 5.08. The summed E-state index contributed by atoms with van der Waals surface area (Å²) < 4.78 is 93.1. The fourth-order valence-electron chi connectivity index (χ4n) is 5.08. The van der Waals surface area contributed by atoms with Gasteiger partial charge in [0.15, 0.2) is 0 Å². The van der Waals surface area contributed by atoms with E-state index in [1.54, 1.807) is 39.0 Å². The molecule has 0 radical (unpaired) electrons. The minimum atomic E-state index is -4.80. The summed E-state index contributed by atoms with van der Waals surface area (Å²) in [6.45, 7) is 7.28. The van der Waals surface area contributed by atoms with Crippen LogP contribution in [0.2, 0.25) is 0 Å². The first-order valence-electron chi connectivity index (χ1n) is 14.9. The number of alkyl halides is 3. The zero-order valence-electron chi connectivity index (χ0n) is 27.2. The van der Waals surface area contributed by atoms with Crippen LogP contribution in [0.15, 0.2) is 54.6 Å². The molecule has 0 aliphatic heterocycles. The molecule has 1 amide bonds. The molecule has 0 saturated heterocycles. The van der Waals surface area contributed by atoms with Gasteiger partial charge >= 0.3 is 12.1 Å². The number of rotatable bonds is 11. The van der Waals surface area contributed by atoms with Crippen molar-refractivity contribution in [3.8, 4) is 22.6 Å². The number of halogens is 5. The smallest absolute Gasteiger partial charge is 0.433 e. The van der Waals surface area contributed by atoms with Crippen LogP contribution < -0.4 is 14.8 Å². The molecule has 0 aliphatic rings. The summed E-state index contributed by atoms with van der Waals surface area (Å²) >= 11 is 0. The lowest BCUT2D eigenvalue weighted by Crippen LogP contribution is -2.46. The maximum Gasteiger partial charge on any atom is 0.433 e. The maximum atomic E-state index is 14.5. The standard InChI is InChI=1S/C35H35F5N2O6/c1-7-47-18-19-15-26(45-5)29(27(16-19)46-6)22-12-11-20(21-13-14-28(35(38,39)40)42-31(21)22)17-25(33(44)48-34(2,3)4)41-32(43)30-23(36)9-8-10-24(30)37/h8-16,25H,7,17-18H2,1-6H3,(H,41,43). The molecule has 48 heavy (non-hydrogen) atoms. The van der Waals surface area contributed by atoms with Gasteiger partial charge < -0.3 is 24.3 Å². The molecule has 0 saturated carbocycles. The second-order valence-electron chi connectivity index (χ2n) is 11.7. The number of methoxy groups -OCH3 is 2. The minimum absolute atomic E-state index is 0.106. The van der Waals surface area contributed by atoms with E-state index in [0.29, 0.717) is 17.7 Å². The molecule has 0 fully saturated rings. The van der Waals surface area contributed by atoms with Gasteiger partial charge in [-0.3, -0.25) is 4.79 Å². The van der Waals surface area contributed by atoms with Crippen LogP contribution in [0.1, 0.15) is 54.9 Å². The van der Waals surface area contributed by atoms with Crippen molar-refractivity contribution in [1.29, 1.82) is 0 Å². The monoisotopic (exact) mass is 674 g/mol. The van der Waals surface area contributed by atoms with Crippen LogP contribution in [0.4, 0.5) is 22.0 Å². The third kappa shape index (κ3) is 8.19. The number of carbonyl (C=O) groups excluding carboxylic acids is 2. The van der Waals surface area contributed by atoms with Gasteiger partial charge in [-0.05, 0) is 69.2 Å². The number of carbonyl (C=O) groups is 2. The molecule has 3 aromatic carbocycles. The van der Waals surface area contributed by atoms with Crippen LogP contribution in [-0.4, -0.2) is 49.3 Å². The predicted octanol–water partition coefficient (Wildman–Crippen LogP) is 7.44. The molecule has 1 aromatic heterocycles. The molecule has 0 aliphatic carbocycles. The quantitative estimate of drug-likeness (QED) is 0.131. The largest absolute Gasteiger partial charge is 0.496 e. The van der Waals surface area contributed by atoms with Crippen LogP contribution in [0, 0.1) is 11.6 Å². The molecule has 0 spiro atoms. The second kappa shape index (κ2) is 14.5. The van der Waals surface area contributed by atoms with Gasteiger partial charge in [-0.1, -0.05) is 24.3 Å². The minimum Gasteiger partial charge on any atom is -0.496 e. The van der Waals surface area contributed by atoms with E-state index in [4.69, 9.17) is 18.9 Å². The van der Waals surface area contributed by atoms with Gasteiger partial charge in [-0.25, -0.2) is 18.6 Å². The molecule has 0 bridgehead atoms. The Morgan fingerprint density at radius 1 is 0.917 bits per heavy atom. The molecular formula is C35H35F5N2O6. The van der Waals surface area contributed by atoms with Crippen LogP contribution in [-0.2, 0) is 33.5 Å². The molecule has 13 heteroatoms. The first-order chi connectivity index (χ1) is 22.6. The molecule has 4 aromatic rings. The Bertz CT molecular complexity index is 1770. The highest BCUT2D eigenvalue weighted by Gasteiger charge is 2.34. The molecule has 1 atom stereocenters. The summed E-state index contributed by atoms with van der Waals surface area (Å²) in [4.78, 5) is 30.4. The van der Waals surface area contributed by atoms with Crippen molar-refractivity contribution in [2.24, 2.45) is 0 Å². The van der Waals surface area contributed by atoms with Gasteiger partial charge in [0.1, 0.15) is 46.0 Å². The number of fused-ring (bicyclic) bond motifs is 1. The summed E-state index contributed by atoms with van der Waals surface area (Å²) in [5.41, 5.74) is -1.68. The van der Waals surface area contributed by atoms with Gasteiger partial charge in [0.2, 0.25) is 0 Å². The predicted molar refractivity (Wildman–Crippen MR) is 168 cm³/mol. The third-order valence-electron chi connectivity index (χ3n) is 7.16. The van der Waals surface area contributed by atoms with Gasteiger partial charge in [-0.2, -0.15) is 13.2 Å². The zero-order valence-corrected chi connectivity index (χ0v) is 27.2. The lowest BCUT2D eigenvalue weighted by molar-refractivity contribution is -0.157. The van der Waals surface area contributed by atoms with E-state index in [9.17, 15) is 31.5 Å². The molecule has 1 N–H and O–H groups in total. The van der Waals surface area contributed by atoms with Crippen LogP contribution >= 0.6 is 0 Å². The Kier molecular flexibility index (Phi) is 10.9. The molecular weight excluding hydrogens is 639 g/mol. The van der Waals surface area contributed by atoms with E-state index >= 15 is 0 Å². The Morgan fingerprint density at radius 2 is 1.54 bits per heavy atom. The van der Waals surface area contributed by atoms with Gasteiger partial charge in [0.05, 0.1) is 31.9 Å². The average molecular weight is 675 g/mol. The third-order valence-corrected chi connectivity index (χ3v) is 7.16. The Hall–Kier alpha value is -4.78. The van der Waals surface area contributed by atoms with Crippen molar-refractivity contribution in [2.45, 2.75) is 58.5 Å². The van der Waals surface area contributed by atoms with Gasteiger partial charge in [0, 0.05) is 24.0 Å². The number of hydrogen-bond donors (Lipinski definition) is 1. The van der Waals surface area contributed by atoms with E-state index in [1.807, 2.05) is 6.92 Å². The van der Waals surface area contributed by atoms with E-state index in [0.717, 1.165) is 24.3 Å². The molecule has 256 valence electrons. The number of nitrogens with zero attached hydrogens (tertiary/aromatic N) is 1. The van der Waals surface area contributed by atoms with E-state index in [-0.39, 0.29) is 46.6 Å². The van der Waals surface area contributed by atoms with Gasteiger partial charge in [-0.15, -0.1) is 0 Å². The Morgan fingerprint density at radius 3 is 2.08 bits per heavy atom. The number of ether oxygens (including phenoxy) is 4. The zero-order chi connectivity index (χ0) is 35.4. The van der Waals surface area contributed by atoms with Crippen molar-refractivity contribution in [3.05, 3.63) is 88.6 Å². The normalized spacial score (nSPS) is 12.5. The lowest BCUT2D eigenvalue weighted by Gasteiger charge is -2.25. The lowest BCUT2D eigenvalue weighted by atomic mass is 9.93. The highest BCUT2D eigenvalue weighted by molar-refractivity contribution is 6.00. The van der Waals surface area contributed by atoms with Gasteiger partial charge in [0.25, 0.3) is 5.91 Å². The van der Waals surface area contributed by atoms with E-state index in [1.165, 1.54) is 26.4 Å². The summed E-state index contributed by atoms with van der Waals surface area (Å²) in [6.07, 6.45) is -5.13. The number of nitrogens with one attached hydrogen (secondary N) is 1. The topological polar surface area (TPSA) is 96.0 Å². The van der Waals surface area contributed by atoms with Crippen molar-refractivity contribution in [3.63, 3.8) is 0 Å². The Balaban J connectivity index is 1.90. The Labute approximate surface area is 274 Å². The number of esters is 1. The van der Waals surface area contributed by atoms with Crippen molar-refractivity contribution in [1.82, 2.24) is 10.3 Å². The van der Waals surface area contributed by atoms with Crippen LogP contribution in [0.25, 0.3) is 22.0 Å². The summed E-state index contributed by atoms with van der Waals surface area (Å²) in [7, 11) is 2.81. The number of pyridine rings is 1. The van der Waals surface area contributed by atoms with Crippen LogP contribution in [0.5, 0.6) is 11.5 Å². The fraction of sp³-hybridized carbons (Fsp3) is 0.343. The second-order valence-corrected chi connectivity index (χ2v) is 11.7. The molecule has 4 rings (SSSR count). The maximum absolute atomic E-state index is 14.5. The highest BCUT2D eigenvalue weighted by Crippen LogP contribution is 2.44. The van der Waals surface area contributed by atoms with Crippen molar-refractivity contribution in [2.75, 3.05) is 20.8 Å². The van der Waals surface area contributed by atoms with Crippen LogP contribution in [0.3, 0.4) is 0 Å². The average Bonchev–Trinajstić information content (AvgIpc) is 3.01. The number of hydrogen-bond acceptors (Lipinski definition) is 7. The number of amides is 1. The van der Waals surface area contributed by atoms with E-state index < -0.39 is 52.6 Å². The number of aromatic nitrogens is 1. The number of benzene rings is 3. The summed E-state index contributed by atoms with van der Waals surface area (Å²) in [6, 6.07) is 9.76. The van der Waals surface area contributed by atoms with Crippen molar-refractivity contribution >= 4 is 22.8 Å². The SMILES string of the molecule is CCOCc1cc(OC)c(-c2ccc(CC(NC(=O)c3c(F)cccc3F)C(=O)OC(C)(C)C)c3ccc(C(F)(F)F)nc23)c(OC)c1. The van der Waals surface area contributed by atoms with E-state index in [2.05, 4.69) is 10.3 Å². The molecule has 1 heterocycles.